The summed E-state index contributed by atoms with van der Waals surface area (Å²) in [5, 5.41) is 3.88. The van der Waals surface area contributed by atoms with E-state index in [-0.39, 0.29) is 0 Å². The van der Waals surface area contributed by atoms with Gasteiger partial charge in [0.05, 0.1) is 11.8 Å². The van der Waals surface area contributed by atoms with Crippen LogP contribution in [0.5, 0.6) is 0 Å². The normalized spacial score (nSPS) is 11.7. The first kappa shape index (κ1) is 13.1. The standard InChI is InChI=1S/C13H10F3N3/c14-13(15,16)11-6-4-10(5-7-11)9-18-19-12-3-1-2-8-17-12/h1-9H,(H,17,19). The molecule has 0 unspecified atom stereocenters. The fourth-order valence-corrected chi connectivity index (χ4v) is 1.36. The molecule has 19 heavy (non-hydrogen) atoms. The summed E-state index contributed by atoms with van der Waals surface area (Å²) >= 11 is 0. The summed E-state index contributed by atoms with van der Waals surface area (Å²) < 4.78 is 37.0. The number of anilines is 1. The Kier molecular flexibility index (Phi) is 3.79. The lowest BCUT2D eigenvalue weighted by molar-refractivity contribution is -0.137. The fourth-order valence-electron chi connectivity index (χ4n) is 1.36. The lowest BCUT2D eigenvalue weighted by Crippen LogP contribution is -2.04. The van der Waals surface area contributed by atoms with Gasteiger partial charge in [-0.1, -0.05) is 18.2 Å². The van der Waals surface area contributed by atoms with E-state index in [0.29, 0.717) is 11.4 Å². The van der Waals surface area contributed by atoms with Crippen LogP contribution in [0, 0.1) is 0 Å². The Bertz CT molecular complexity index is 548. The Morgan fingerprint density at radius 1 is 1.05 bits per heavy atom. The zero-order valence-corrected chi connectivity index (χ0v) is 9.72. The van der Waals surface area contributed by atoms with Crippen molar-refractivity contribution in [1.29, 1.82) is 0 Å². The van der Waals surface area contributed by atoms with E-state index in [4.69, 9.17) is 0 Å². The van der Waals surface area contributed by atoms with Crippen LogP contribution in [0.25, 0.3) is 0 Å². The highest BCUT2D eigenvalue weighted by Crippen LogP contribution is 2.28. The predicted octanol–water partition coefficient (Wildman–Crippen LogP) is 3.55. The molecule has 0 saturated carbocycles. The van der Waals surface area contributed by atoms with Crippen LogP contribution in [-0.4, -0.2) is 11.2 Å². The van der Waals surface area contributed by atoms with Crippen LogP contribution < -0.4 is 5.43 Å². The monoisotopic (exact) mass is 265 g/mol. The predicted molar refractivity (Wildman–Crippen MR) is 66.9 cm³/mol. The van der Waals surface area contributed by atoms with E-state index >= 15 is 0 Å². The molecule has 98 valence electrons. The minimum Gasteiger partial charge on any atom is -0.261 e. The van der Waals surface area contributed by atoms with Crippen molar-refractivity contribution >= 4 is 12.0 Å². The molecule has 1 heterocycles. The van der Waals surface area contributed by atoms with Crippen molar-refractivity contribution in [3.05, 3.63) is 59.8 Å². The van der Waals surface area contributed by atoms with Crippen molar-refractivity contribution in [3.8, 4) is 0 Å². The maximum atomic E-state index is 12.3. The molecule has 1 aromatic heterocycles. The lowest BCUT2D eigenvalue weighted by Gasteiger charge is -2.05. The van der Waals surface area contributed by atoms with Crippen LogP contribution in [-0.2, 0) is 6.18 Å². The van der Waals surface area contributed by atoms with Gasteiger partial charge >= 0.3 is 6.18 Å². The van der Waals surface area contributed by atoms with Gasteiger partial charge in [0.25, 0.3) is 0 Å². The Balaban J connectivity index is 2.00. The van der Waals surface area contributed by atoms with Crippen LogP contribution in [0.4, 0.5) is 19.0 Å². The van der Waals surface area contributed by atoms with Gasteiger partial charge in [-0.3, -0.25) is 5.43 Å². The average Bonchev–Trinajstić information content (AvgIpc) is 2.39. The van der Waals surface area contributed by atoms with Gasteiger partial charge in [-0.05, 0) is 29.8 Å². The topological polar surface area (TPSA) is 37.3 Å². The summed E-state index contributed by atoms with van der Waals surface area (Å²) in [7, 11) is 0. The second kappa shape index (κ2) is 5.51. The Hall–Kier alpha value is -2.37. The Labute approximate surface area is 107 Å². The van der Waals surface area contributed by atoms with Gasteiger partial charge in [0.15, 0.2) is 0 Å². The number of nitrogens with zero attached hydrogens (tertiary/aromatic N) is 2. The smallest absolute Gasteiger partial charge is 0.261 e. The first-order valence-corrected chi connectivity index (χ1v) is 5.43. The molecule has 1 N–H and O–H groups in total. The summed E-state index contributed by atoms with van der Waals surface area (Å²) in [6.45, 7) is 0. The number of nitrogens with one attached hydrogen (secondary N) is 1. The molecule has 3 nitrogen and oxygen atoms in total. The third kappa shape index (κ3) is 3.80. The van der Waals surface area contributed by atoms with Gasteiger partial charge < -0.3 is 0 Å². The number of hydrazone groups is 1. The fraction of sp³-hybridized carbons (Fsp3) is 0.0769. The maximum absolute atomic E-state index is 12.3. The number of halogens is 3. The molecule has 0 fully saturated rings. The molecule has 0 spiro atoms. The molecular formula is C13H10F3N3. The maximum Gasteiger partial charge on any atom is 0.416 e. The van der Waals surface area contributed by atoms with E-state index in [1.54, 1.807) is 24.4 Å². The largest absolute Gasteiger partial charge is 0.416 e. The van der Waals surface area contributed by atoms with Gasteiger partial charge in [0.1, 0.15) is 5.82 Å². The van der Waals surface area contributed by atoms with Crippen molar-refractivity contribution < 1.29 is 13.2 Å². The van der Waals surface area contributed by atoms with Crippen molar-refractivity contribution in [3.63, 3.8) is 0 Å². The highest BCUT2D eigenvalue weighted by molar-refractivity contribution is 5.80. The van der Waals surface area contributed by atoms with E-state index < -0.39 is 11.7 Å². The van der Waals surface area contributed by atoms with E-state index in [9.17, 15) is 13.2 Å². The summed E-state index contributed by atoms with van der Waals surface area (Å²) in [6.07, 6.45) is -1.29. The van der Waals surface area contributed by atoms with Crippen LogP contribution in [0.3, 0.4) is 0 Å². The first-order chi connectivity index (χ1) is 9.05. The highest BCUT2D eigenvalue weighted by Gasteiger charge is 2.29. The van der Waals surface area contributed by atoms with Crippen LogP contribution in [0.2, 0.25) is 0 Å². The molecule has 2 aromatic rings. The van der Waals surface area contributed by atoms with Crippen LogP contribution in [0.15, 0.2) is 53.8 Å². The summed E-state index contributed by atoms with van der Waals surface area (Å²) in [4.78, 5) is 3.98. The Morgan fingerprint density at radius 3 is 2.37 bits per heavy atom. The number of alkyl halides is 3. The van der Waals surface area contributed by atoms with Crippen molar-refractivity contribution in [2.45, 2.75) is 6.18 Å². The van der Waals surface area contributed by atoms with Gasteiger partial charge in [0, 0.05) is 6.20 Å². The minimum absolute atomic E-state index is 0.561. The number of hydrogen-bond donors (Lipinski definition) is 1. The average molecular weight is 265 g/mol. The molecule has 0 radical (unpaired) electrons. The van der Waals surface area contributed by atoms with E-state index in [2.05, 4.69) is 15.5 Å². The van der Waals surface area contributed by atoms with Crippen molar-refractivity contribution in [1.82, 2.24) is 4.98 Å². The molecule has 6 heteroatoms. The zero-order valence-electron chi connectivity index (χ0n) is 9.72. The molecule has 2 rings (SSSR count). The van der Waals surface area contributed by atoms with Gasteiger partial charge in [-0.2, -0.15) is 18.3 Å². The molecular weight excluding hydrogens is 255 g/mol. The molecule has 0 aliphatic heterocycles. The van der Waals surface area contributed by atoms with E-state index in [1.807, 2.05) is 0 Å². The quantitative estimate of drug-likeness (QED) is 0.680. The summed E-state index contributed by atoms with van der Waals surface area (Å²) in [6, 6.07) is 10.0. The lowest BCUT2D eigenvalue weighted by atomic mass is 10.1. The first-order valence-electron chi connectivity index (χ1n) is 5.43. The second-order valence-electron chi connectivity index (χ2n) is 3.70. The number of hydrogen-bond acceptors (Lipinski definition) is 3. The molecule has 0 saturated heterocycles. The van der Waals surface area contributed by atoms with Gasteiger partial charge in [-0.25, -0.2) is 4.98 Å². The zero-order chi connectivity index (χ0) is 13.7. The van der Waals surface area contributed by atoms with Crippen LogP contribution >= 0.6 is 0 Å². The third-order valence-corrected chi connectivity index (χ3v) is 2.30. The highest BCUT2D eigenvalue weighted by atomic mass is 19.4. The van der Waals surface area contributed by atoms with E-state index in [1.165, 1.54) is 18.3 Å². The molecule has 0 bridgehead atoms. The number of benzene rings is 1. The molecule has 1 aromatic carbocycles. The van der Waals surface area contributed by atoms with Gasteiger partial charge in [-0.15, -0.1) is 0 Å². The molecule has 0 aliphatic rings. The molecule has 0 amide bonds. The van der Waals surface area contributed by atoms with Crippen molar-refractivity contribution in [2.24, 2.45) is 5.10 Å². The molecule has 0 atom stereocenters. The number of aromatic nitrogens is 1. The third-order valence-electron chi connectivity index (χ3n) is 2.30. The van der Waals surface area contributed by atoms with Crippen molar-refractivity contribution in [2.75, 3.05) is 5.43 Å². The summed E-state index contributed by atoms with van der Waals surface area (Å²) in [5.74, 6) is 0.561. The second-order valence-corrected chi connectivity index (χ2v) is 3.70. The van der Waals surface area contributed by atoms with E-state index in [0.717, 1.165) is 12.1 Å². The Morgan fingerprint density at radius 2 is 1.79 bits per heavy atom. The minimum atomic E-state index is -4.32. The van der Waals surface area contributed by atoms with Crippen LogP contribution in [0.1, 0.15) is 11.1 Å². The summed E-state index contributed by atoms with van der Waals surface area (Å²) in [5.41, 5.74) is 2.56. The number of rotatable bonds is 3. The number of pyridine rings is 1. The van der Waals surface area contributed by atoms with Gasteiger partial charge in [0.2, 0.25) is 0 Å². The molecule has 0 aliphatic carbocycles. The SMILES string of the molecule is FC(F)(F)c1ccc(C=NNc2ccccn2)cc1.